The van der Waals surface area contributed by atoms with Crippen LogP contribution < -0.4 is 10.1 Å². The standard InChI is InChI=1S/C14H21NO/c1-11(2)10-16-13-7-5-12(6-8-13)14-4-3-9-15-14/h5-8,11,14-15H,3-4,9-10H2,1-2H3. The van der Waals surface area contributed by atoms with Gasteiger partial charge in [-0.25, -0.2) is 0 Å². The molecule has 0 spiro atoms. The van der Waals surface area contributed by atoms with Crippen molar-refractivity contribution in [3.8, 4) is 5.75 Å². The Bertz CT molecular complexity index is 312. The topological polar surface area (TPSA) is 21.3 Å². The first kappa shape index (κ1) is 11.5. The van der Waals surface area contributed by atoms with Gasteiger partial charge in [0.15, 0.2) is 0 Å². The molecule has 0 aromatic heterocycles. The summed E-state index contributed by atoms with van der Waals surface area (Å²) in [5.41, 5.74) is 1.38. The second-order valence-electron chi connectivity index (χ2n) is 4.92. The van der Waals surface area contributed by atoms with Crippen LogP contribution in [-0.4, -0.2) is 13.2 Å². The predicted molar refractivity (Wildman–Crippen MR) is 66.8 cm³/mol. The molecule has 88 valence electrons. The third-order valence-electron chi connectivity index (χ3n) is 2.93. The van der Waals surface area contributed by atoms with Crippen LogP contribution in [0.2, 0.25) is 0 Å². The van der Waals surface area contributed by atoms with Crippen LogP contribution in [0.25, 0.3) is 0 Å². The van der Waals surface area contributed by atoms with Crippen LogP contribution in [0.15, 0.2) is 24.3 Å². The summed E-state index contributed by atoms with van der Waals surface area (Å²) >= 11 is 0. The summed E-state index contributed by atoms with van der Waals surface area (Å²) in [6.07, 6.45) is 2.54. The van der Waals surface area contributed by atoms with Crippen molar-refractivity contribution < 1.29 is 4.74 Å². The minimum absolute atomic E-state index is 0.555. The van der Waals surface area contributed by atoms with Gasteiger partial charge in [-0.15, -0.1) is 0 Å². The quantitative estimate of drug-likeness (QED) is 0.840. The van der Waals surface area contributed by atoms with E-state index in [0.717, 1.165) is 18.9 Å². The molecule has 1 aliphatic rings. The molecular weight excluding hydrogens is 198 g/mol. The molecule has 1 fully saturated rings. The van der Waals surface area contributed by atoms with Crippen molar-refractivity contribution in [2.45, 2.75) is 32.7 Å². The van der Waals surface area contributed by atoms with Gasteiger partial charge in [0.2, 0.25) is 0 Å². The van der Waals surface area contributed by atoms with Crippen LogP contribution in [0.5, 0.6) is 5.75 Å². The lowest BCUT2D eigenvalue weighted by Gasteiger charge is -2.12. The molecule has 0 aliphatic carbocycles. The van der Waals surface area contributed by atoms with Crippen LogP contribution in [0.4, 0.5) is 0 Å². The van der Waals surface area contributed by atoms with Gasteiger partial charge in [0, 0.05) is 6.04 Å². The number of benzene rings is 1. The van der Waals surface area contributed by atoms with Gasteiger partial charge in [-0.05, 0) is 43.0 Å². The molecule has 0 radical (unpaired) electrons. The molecule has 1 aliphatic heterocycles. The molecule has 0 bridgehead atoms. The van der Waals surface area contributed by atoms with Gasteiger partial charge in [0.05, 0.1) is 6.61 Å². The first-order valence-electron chi connectivity index (χ1n) is 6.22. The smallest absolute Gasteiger partial charge is 0.119 e. The third kappa shape index (κ3) is 2.99. The maximum absolute atomic E-state index is 5.66. The van der Waals surface area contributed by atoms with E-state index >= 15 is 0 Å². The molecule has 2 rings (SSSR count). The fourth-order valence-corrected chi connectivity index (χ4v) is 2.03. The average Bonchev–Trinajstić information content (AvgIpc) is 2.80. The van der Waals surface area contributed by atoms with Crippen molar-refractivity contribution in [2.24, 2.45) is 5.92 Å². The molecule has 0 amide bonds. The van der Waals surface area contributed by atoms with E-state index in [2.05, 4.69) is 43.4 Å². The average molecular weight is 219 g/mol. The lowest BCUT2D eigenvalue weighted by atomic mass is 10.1. The fourth-order valence-electron chi connectivity index (χ4n) is 2.03. The van der Waals surface area contributed by atoms with Crippen LogP contribution in [0.3, 0.4) is 0 Å². The van der Waals surface area contributed by atoms with E-state index in [-0.39, 0.29) is 0 Å². The number of rotatable bonds is 4. The van der Waals surface area contributed by atoms with Crippen molar-refractivity contribution in [1.29, 1.82) is 0 Å². The highest BCUT2D eigenvalue weighted by Crippen LogP contribution is 2.24. The third-order valence-corrected chi connectivity index (χ3v) is 2.93. The molecule has 1 heterocycles. The summed E-state index contributed by atoms with van der Waals surface area (Å²) in [6.45, 7) is 6.27. The molecule has 2 heteroatoms. The lowest BCUT2D eigenvalue weighted by molar-refractivity contribution is 0.271. The SMILES string of the molecule is CC(C)COc1ccc(C2CCCN2)cc1. The first-order valence-corrected chi connectivity index (χ1v) is 6.22. The Hall–Kier alpha value is -1.02. The minimum atomic E-state index is 0.555. The number of ether oxygens (including phenoxy) is 1. The van der Waals surface area contributed by atoms with Crippen LogP contribution >= 0.6 is 0 Å². The molecule has 2 nitrogen and oxygen atoms in total. The normalized spacial score (nSPS) is 20.3. The van der Waals surface area contributed by atoms with E-state index < -0.39 is 0 Å². The Morgan fingerprint density at radius 1 is 1.31 bits per heavy atom. The highest BCUT2D eigenvalue weighted by molar-refractivity contribution is 5.29. The zero-order valence-corrected chi connectivity index (χ0v) is 10.2. The second kappa shape index (κ2) is 5.35. The lowest BCUT2D eigenvalue weighted by Crippen LogP contribution is -2.12. The number of hydrogen-bond donors (Lipinski definition) is 1. The van der Waals surface area contributed by atoms with Crippen molar-refractivity contribution >= 4 is 0 Å². The van der Waals surface area contributed by atoms with E-state index in [4.69, 9.17) is 4.74 Å². The monoisotopic (exact) mass is 219 g/mol. The molecule has 16 heavy (non-hydrogen) atoms. The van der Waals surface area contributed by atoms with Gasteiger partial charge in [0.25, 0.3) is 0 Å². The van der Waals surface area contributed by atoms with Gasteiger partial charge in [-0.1, -0.05) is 26.0 Å². The molecule has 1 N–H and O–H groups in total. The maximum atomic E-state index is 5.66. The Morgan fingerprint density at radius 2 is 2.06 bits per heavy atom. The van der Waals surface area contributed by atoms with Crippen molar-refractivity contribution in [2.75, 3.05) is 13.2 Å². The van der Waals surface area contributed by atoms with Gasteiger partial charge in [0.1, 0.15) is 5.75 Å². The Morgan fingerprint density at radius 3 is 2.62 bits per heavy atom. The van der Waals surface area contributed by atoms with Crippen molar-refractivity contribution in [1.82, 2.24) is 5.32 Å². The largest absolute Gasteiger partial charge is 0.493 e. The van der Waals surface area contributed by atoms with Gasteiger partial charge in [-0.2, -0.15) is 0 Å². The van der Waals surface area contributed by atoms with E-state index in [0.29, 0.717) is 12.0 Å². The summed E-state index contributed by atoms with van der Waals surface area (Å²) in [4.78, 5) is 0. The molecule has 1 saturated heterocycles. The number of nitrogens with one attached hydrogen (secondary N) is 1. The van der Waals surface area contributed by atoms with Gasteiger partial charge < -0.3 is 10.1 Å². The molecule has 1 atom stereocenters. The highest BCUT2D eigenvalue weighted by Gasteiger charge is 2.15. The van der Waals surface area contributed by atoms with Crippen molar-refractivity contribution in [3.05, 3.63) is 29.8 Å². The highest BCUT2D eigenvalue weighted by atomic mass is 16.5. The van der Waals surface area contributed by atoms with E-state index in [1.807, 2.05) is 0 Å². The fraction of sp³-hybridized carbons (Fsp3) is 0.571. The van der Waals surface area contributed by atoms with Gasteiger partial charge >= 0.3 is 0 Å². The van der Waals surface area contributed by atoms with Crippen LogP contribution in [0, 0.1) is 5.92 Å². The Balaban J connectivity index is 1.93. The second-order valence-corrected chi connectivity index (χ2v) is 4.92. The minimum Gasteiger partial charge on any atom is -0.493 e. The summed E-state index contributed by atoms with van der Waals surface area (Å²) in [6, 6.07) is 9.08. The molecule has 1 unspecified atom stereocenters. The van der Waals surface area contributed by atoms with Crippen molar-refractivity contribution in [3.63, 3.8) is 0 Å². The van der Waals surface area contributed by atoms with Gasteiger partial charge in [-0.3, -0.25) is 0 Å². The maximum Gasteiger partial charge on any atom is 0.119 e. The summed E-state index contributed by atoms with van der Waals surface area (Å²) in [5.74, 6) is 1.56. The van der Waals surface area contributed by atoms with Crippen LogP contribution in [-0.2, 0) is 0 Å². The zero-order valence-electron chi connectivity index (χ0n) is 10.2. The van der Waals surface area contributed by atoms with E-state index in [1.54, 1.807) is 0 Å². The van der Waals surface area contributed by atoms with E-state index in [9.17, 15) is 0 Å². The Kier molecular flexibility index (Phi) is 3.83. The zero-order chi connectivity index (χ0) is 11.4. The molecule has 1 aromatic rings. The summed E-state index contributed by atoms with van der Waals surface area (Å²) in [5, 5.41) is 3.50. The molecule has 1 aromatic carbocycles. The first-order chi connectivity index (χ1) is 7.75. The predicted octanol–water partition coefficient (Wildman–Crippen LogP) is 3.15. The van der Waals surface area contributed by atoms with E-state index in [1.165, 1.54) is 18.4 Å². The molecule has 0 saturated carbocycles. The summed E-state index contributed by atoms with van der Waals surface area (Å²) in [7, 11) is 0. The molecular formula is C14H21NO. The Labute approximate surface area is 98.0 Å². The summed E-state index contributed by atoms with van der Waals surface area (Å²) < 4.78 is 5.66. The number of hydrogen-bond acceptors (Lipinski definition) is 2. The van der Waals surface area contributed by atoms with Crippen LogP contribution in [0.1, 0.15) is 38.3 Å².